The van der Waals surface area contributed by atoms with Gasteiger partial charge in [0, 0.05) is 6.54 Å². The summed E-state index contributed by atoms with van der Waals surface area (Å²) in [6.45, 7) is 2.19. The predicted octanol–water partition coefficient (Wildman–Crippen LogP) is 0.725. The Morgan fingerprint density at radius 2 is 2.42 bits per heavy atom. The molecule has 12 heavy (non-hydrogen) atoms. The van der Waals surface area contributed by atoms with Gasteiger partial charge in [-0.05, 0) is 19.8 Å². The zero-order valence-electron chi connectivity index (χ0n) is 7.00. The molecule has 1 rings (SSSR count). The highest BCUT2D eigenvalue weighted by atomic mass is 32.1. The first-order valence-corrected chi connectivity index (χ1v) is 4.48. The van der Waals surface area contributed by atoms with Gasteiger partial charge in [-0.1, -0.05) is 0 Å². The van der Waals surface area contributed by atoms with Crippen LogP contribution in [0, 0.1) is 16.7 Å². The van der Waals surface area contributed by atoms with E-state index in [0.29, 0.717) is 6.54 Å². The number of nitrogens with zero attached hydrogens (tertiary/aromatic N) is 1. The molecule has 1 fully saturated rings. The summed E-state index contributed by atoms with van der Waals surface area (Å²) in [5, 5.41) is 11.1. The van der Waals surface area contributed by atoms with E-state index in [1.54, 1.807) is 6.92 Å². The molecule has 66 valence electrons. The van der Waals surface area contributed by atoms with Crippen LogP contribution in [0.5, 0.6) is 0 Å². The van der Waals surface area contributed by atoms with E-state index in [1.165, 1.54) is 0 Å². The highest BCUT2D eigenvalue weighted by molar-refractivity contribution is 7.81. The summed E-state index contributed by atoms with van der Waals surface area (Å²) in [6.07, 6.45) is 1.81. The average molecular weight is 184 g/mol. The molecule has 0 aliphatic heterocycles. The van der Waals surface area contributed by atoms with Crippen LogP contribution in [-0.2, 0) is 4.79 Å². The van der Waals surface area contributed by atoms with Gasteiger partial charge in [0.15, 0.2) is 0 Å². The smallest absolute Gasteiger partial charge is 0.232 e. The number of hydrogen-bond donors (Lipinski definition) is 2. The van der Waals surface area contributed by atoms with Crippen molar-refractivity contribution in [3.8, 4) is 6.07 Å². The van der Waals surface area contributed by atoms with Gasteiger partial charge in [-0.15, -0.1) is 0 Å². The summed E-state index contributed by atoms with van der Waals surface area (Å²) in [5.41, 5.74) is -0.252. The van der Waals surface area contributed by atoms with Crippen molar-refractivity contribution in [2.75, 3.05) is 6.54 Å². The Kier molecular flexibility index (Phi) is 2.63. The van der Waals surface area contributed by atoms with Crippen LogP contribution in [0.4, 0.5) is 0 Å². The molecule has 1 N–H and O–H groups in total. The molecule has 0 heterocycles. The molecule has 4 heteroatoms. The lowest BCUT2D eigenvalue weighted by atomic mass is 10.1. The maximum atomic E-state index is 11.0. The van der Waals surface area contributed by atoms with Crippen LogP contribution < -0.4 is 5.32 Å². The van der Waals surface area contributed by atoms with Crippen molar-refractivity contribution < 1.29 is 4.79 Å². The van der Waals surface area contributed by atoms with Crippen LogP contribution in [0.3, 0.4) is 0 Å². The summed E-state index contributed by atoms with van der Waals surface area (Å²) in [7, 11) is 0. The van der Waals surface area contributed by atoms with Gasteiger partial charge in [-0.2, -0.15) is 17.9 Å². The molecule has 3 nitrogen and oxygen atoms in total. The normalized spacial score (nSPS) is 20.8. The Labute approximate surface area is 77.5 Å². The van der Waals surface area contributed by atoms with Gasteiger partial charge in [-0.3, -0.25) is 4.79 Å². The van der Waals surface area contributed by atoms with Gasteiger partial charge >= 0.3 is 0 Å². The highest BCUT2D eigenvalue weighted by Gasteiger charge is 2.43. The Bertz CT molecular complexity index is 228. The number of carbonyl (C=O) groups excluding carboxylic acids is 1. The van der Waals surface area contributed by atoms with Crippen molar-refractivity contribution >= 4 is 18.5 Å². The lowest BCUT2D eigenvalue weighted by Crippen LogP contribution is -2.34. The average Bonchev–Trinajstić information content (AvgIpc) is 2.81. The predicted molar refractivity (Wildman–Crippen MR) is 48.7 cm³/mol. The molecule has 0 saturated heterocycles. The van der Waals surface area contributed by atoms with Gasteiger partial charge in [0.25, 0.3) is 0 Å². The number of nitriles is 1. The highest BCUT2D eigenvalue weighted by Crippen LogP contribution is 2.43. The van der Waals surface area contributed by atoms with Crippen molar-refractivity contribution in [3.63, 3.8) is 0 Å². The molecule has 0 aromatic rings. The first-order valence-electron chi connectivity index (χ1n) is 3.97. The molecule has 0 aromatic carbocycles. The Hall–Kier alpha value is -0.690. The SMILES string of the molecule is CC(S)C(=O)NCC1(C#N)CC1. The van der Waals surface area contributed by atoms with Crippen LogP contribution >= 0.6 is 12.6 Å². The van der Waals surface area contributed by atoms with Crippen LogP contribution in [0.25, 0.3) is 0 Å². The fraction of sp³-hybridized carbons (Fsp3) is 0.750. The second-order valence-corrected chi connectivity index (χ2v) is 4.06. The number of carbonyl (C=O) groups is 1. The van der Waals surface area contributed by atoms with E-state index < -0.39 is 0 Å². The third-order valence-corrected chi connectivity index (χ3v) is 2.31. The van der Waals surface area contributed by atoms with Crippen LogP contribution in [-0.4, -0.2) is 17.7 Å². The third kappa shape index (κ3) is 2.15. The molecule has 0 spiro atoms. The van der Waals surface area contributed by atoms with E-state index in [4.69, 9.17) is 5.26 Å². The summed E-state index contributed by atoms with van der Waals surface area (Å²) < 4.78 is 0. The first kappa shape index (κ1) is 9.40. The number of nitrogens with one attached hydrogen (secondary N) is 1. The monoisotopic (exact) mass is 184 g/mol. The molecule has 1 unspecified atom stereocenters. The van der Waals surface area contributed by atoms with Gasteiger partial charge < -0.3 is 5.32 Å². The maximum Gasteiger partial charge on any atom is 0.232 e. The molecule has 0 aromatic heterocycles. The van der Waals surface area contributed by atoms with E-state index in [9.17, 15) is 4.79 Å². The number of hydrogen-bond acceptors (Lipinski definition) is 3. The van der Waals surface area contributed by atoms with E-state index in [0.717, 1.165) is 12.8 Å². The van der Waals surface area contributed by atoms with E-state index in [-0.39, 0.29) is 16.6 Å². The molecular formula is C8H12N2OS. The number of thiol groups is 1. The van der Waals surface area contributed by atoms with Gasteiger partial charge in [0.2, 0.25) is 5.91 Å². The van der Waals surface area contributed by atoms with Crippen molar-refractivity contribution in [1.29, 1.82) is 5.26 Å². The van der Waals surface area contributed by atoms with E-state index >= 15 is 0 Å². The maximum absolute atomic E-state index is 11.0. The van der Waals surface area contributed by atoms with Crippen molar-refractivity contribution in [3.05, 3.63) is 0 Å². The van der Waals surface area contributed by atoms with Gasteiger partial charge in [-0.25, -0.2) is 0 Å². The molecule has 1 aliphatic rings. The van der Waals surface area contributed by atoms with Gasteiger partial charge in [0.05, 0.1) is 16.7 Å². The fourth-order valence-electron chi connectivity index (χ4n) is 0.883. The Morgan fingerprint density at radius 1 is 1.83 bits per heavy atom. The summed E-state index contributed by atoms with van der Waals surface area (Å²) >= 11 is 3.98. The van der Waals surface area contributed by atoms with Crippen LogP contribution in [0.1, 0.15) is 19.8 Å². The zero-order valence-corrected chi connectivity index (χ0v) is 7.90. The minimum atomic E-state index is -0.292. The minimum absolute atomic E-state index is 0.0974. The summed E-state index contributed by atoms with van der Waals surface area (Å²) in [6, 6.07) is 2.21. The van der Waals surface area contributed by atoms with Crippen LogP contribution in [0.2, 0.25) is 0 Å². The molecule has 1 amide bonds. The van der Waals surface area contributed by atoms with E-state index in [2.05, 4.69) is 24.0 Å². The largest absolute Gasteiger partial charge is 0.354 e. The number of rotatable bonds is 3. The third-order valence-electron chi connectivity index (χ3n) is 2.07. The lowest BCUT2D eigenvalue weighted by Gasteiger charge is -2.09. The lowest BCUT2D eigenvalue weighted by molar-refractivity contribution is -0.120. The van der Waals surface area contributed by atoms with Crippen molar-refractivity contribution in [2.24, 2.45) is 5.41 Å². The quantitative estimate of drug-likeness (QED) is 0.635. The first-order chi connectivity index (χ1) is 5.59. The fourth-order valence-corrected chi connectivity index (χ4v) is 0.974. The zero-order chi connectivity index (χ0) is 9.19. The van der Waals surface area contributed by atoms with Crippen molar-refractivity contribution in [2.45, 2.75) is 25.0 Å². The molecule has 0 bridgehead atoms. The second kappa shape index (κ2) is 3.36. The van der Waals surface area contributed by atoms with Crippen molar-refractivity contribution in [1.82, 2.24) is 5.32 Å². The molecule has 1 atom stereocenters. The summed E-state index contributed by atoms with van der Waals surface area (Å²) in [5.74, 6) is -0.0974. The standard InChI is InChI=1S/C8H12N2OS/c1-6(12)7(11)10-5-8(4-9)2-3-8/h6,12H,2-3,5H2,1H3,(H,10,11). The molecule has 0 radical (unpaired) electrons. The Morgan fingerprint density at radius 3 is 2.75 bits per heavy atom. The van der Waals surface area contributed by atoms with Gasteiger partial charge in [0.1, 0.15) is 0 Å². The molecule has 1 saturated carbocycles. The summed E-state index contributed by atoms with van der Waals surface area (Å²) in [4.78, 5) is 11.0. The molecule has 1 aliphatic carbocycles. The second-order valence-electron chi connectivity index (χ2n) is 3.29. The molecular weight excluding hydrogens is 172 g/mol. The topological polar surface area (TPSA) is 52.9 Å². The Balaban J connectivity index is 2.27. The van der Waals surface area contributed by atoms with E-state index in [1.807, 2.05) is 0 Å². The minimum Gasteiger partial charge on any atom is -0.354 e. The number of amides is 1. The van der Waals surface area contributed by atoms with Crippen LogP contribution in [0.15, 0.2) is 0 Å².